The molecule has 0 aliphatic rings. The molecule has 19 heavy (non-hydrogen) atoms. The highest BCUT2D eigenvalue weighted by Crippen LogP contribution is 2.19. The van der Waals surface area contributed by atoms with Crippen LogP contribution in [-0.4, -0.2) is 49.0 Å². The van der Waals surface area contributed by atoms with Gasteiger partial charge in [-0.05, 0) is 19.2 Å². The zero-order valence-corrected chi connectivity index (χ0v) is 12.4. The molecule has 5 nitrogen and oxygen atoms in total. The van der Waals surface area contributed by atoms with E-state index in [4.69, 9.17) is 11.6 Å². The molecule has 0 aromatic carbocycles. The Morgan fingerprint density at radius 2 is 2.11 bits per heavy atom. The minimum Gasteiger partial charge on any atom is -0.372 e. The summed E-state index contributed by atoms with van der Waals surface area (Å²) in [6.07, 6.45) is 1.52. The van der Waals surface area contributed by atoms with Crippen molar-refractivity contribution >= 4 is 23.3 Å². The second kappa shape index (κ2) is 7.96. The van der Waals surface area contributed by atoms with E-state index in [0.29, 0.717) is 22.9 Å². The Kier molecular flexibility index (Phi) is 6.59. The third-order valence-corrected chi connectivity index (χ3v) is 3.24. The van der Waals surface area contributed by atoms with Crippen LogP contribution in [0, 0.1) is 0 Å². The number of nitrogens with zero attached hydrogens (tertiary/aromatic N) is 2. The van der Waals surface area contributed by atoms with Crippen LogP contribution >= 0.6 is 11.6 Å². The van der Waals surface area contributed by atoms with Crippen LogP contribution in [0.4, 0.5) is 5.82 Å². The normalized spacial score (nSPS) is 10.6. The van der Waals surface area contributed by atoms with Gasteiger partial charge in [0.1, 0.15) is 5.82 Å². The summed E-state index contributed by atoms with van der Waals surface area (Å²) in [5, 5.41) is 6.16. The second-order valence-corrected chi connectivity index (χ2v) is 4.49. The summed E-state index contributed by atoms with van der Waals surface area (Å²) in [5.74, 6) is 0.422. The van der Waals surface area contributed by atoms with Gasteiger partial charge in [-0.3, -0.25) is 4.79 Å². The van der Waals surface area contributed by atoms with Gasteiger partial charge in [0.25, 0.3) is 5.91 Å². The number of likely N-dealkylation sites (N-methyl/N-ethyl adjacent to an activating group) is 1. The monoisotopic (exact) mass is 284 g/mol. The van der Waals surface area contributed by atoms with Gasteiger partial charge in [-0.25, -0.2) is 4.98 Å². The fraction of sp³-hybridized carbons (Fsp3) is 0.538. The van der Waals surface area contributed by atoms with Gasteiger partial charge in [0.05, 0.1) is 10.6 Å². The number of pyridine rings is 1. The molecule has 0 unspecified atom stereocenters. The van der Waals surface area contributed by atoms with Crippen molar-refractivity contribution < 1.29 is 4.79 Å². The van der Waals surface area contributed by atoms with Gasteiger partial charge in [0.2, 0.25) is 0 Å². The molecule has 1 heterocycles. The molecule has 2 N–H and O–H groups in total. The van der Waals surface area contributed by atoms with Crippen molar-refractivity contribution in [1.29, 1.82) is 0 Å². The number of anilines is 1. The molecule has 0 bridgehead atoms. The van der Waals surface area contributed by atoms with Gasteiger partial charge in [0, 0.05) is 26.3 Å². The summed E-state index contributed by atoms with van der Waals surface area (Å²) < 4.78 is 0. The van der Waals surface area contributed by atoms with Crippen molar-refractivity contribution in [1.82, 2.24) is 15.2 Å². The van der Waals surface area contributed by atoms with E-state index in [0.717, 1.165) is 19.6 Å². The minimum atomic E-state index is -0.149. The molecule has 0 aliphatic carbocycles. The maximum Gasteiger partial charge on any atom is 0.252 e. The van der Waals surface area contributed by atoms with Crippen LogP contribution in [0.5, 0.6) is 0 Å². The Labute approximate surface area is 119 Å². The van der Waals surface area contributed by atoms with E-state index < -0.39 is 0 Å². The molecule has 0 saturated heterocycles. The number of nitrogens with one attached hydrogen (secondary N) is 2. The molecule has 0 radical (unpaired) electrons. The highest BCUT2D eigenvalue weighted by atomic mass is 35.5. The lowest BCUT2D eigenvalue weighted by molar-refractivity contribution is 0.0948. The molecule has 0 atom stereocenters. The maximum atomic E-state index is 11.9. The van der Waals surface area contributed by atoms with Crippen molar-refractivity contribution in [3.05, 3.63) is 22.8 Å². The third-order valence-electron chi connectivity index (χ3n) is 2.95. The van der Waals surface area contributed by atoms with Crippen LogP contribution in [0.15, 0.2) is 12.3 Å². The first-order valence-electron chi connectivity index (χ1n) is 6.46. The van der Waals surface area contributed by atoms with Crippen LogP contribution in [0.2, 0.25) is 5.02 Å². The summed E-state index contributed by atoms with van der Waals surface area (Å²) in [4.78, 5) is 18.2. The van der Waals surface area contributed by atoms with Crippen molar-refractivity contribution in [2.24, 2.45) is 0 Å². The highest BCUT2D eigenvalue weighted by Gasteiger charge is 2.09. The number of halogens is 1. The van der Waals surface area contributed by atoms with E-state index in [1.807, 2.05) is 0 Å². The minimum absolute atomic E-state index is 0.149. The molecule has 1 rings (SSSR count). The third kappa shape index (κ3) is 4.69. The number of hydrogen-bond donors (Lipinski definition) is 2. The molecule has 0 aliphatic heterocycles. The number of aromatic nitrogens is 1. The Morgan fingerprint density at radius 1 is 1.42 bits per heavy atom. The maximum absolute atomic E-state index is 11.9. The highest BCUT2D eigenvalue weighted by molar-refractivity contribution is 6.33. The average molecular weight is 285 g/mol. The number of amides is 1. The Balaban J connectivity index is 2.52. The van der Waals surface area contributed by atoms with Gasteiger partial charge in [-0.15, -0.1) is 0 Å². The topological polar surface area (TPSA) is 57.3 Å². The van der Waals surface area contributed by atoms with E-state index >= 15 is 0 Å². The van der Waals surface area contributed by atoms with E-state index in [1.54, 1.807) is 13.1 Å². The zero-order valence-electron chi connectivity index (χ0n) is 11.7. The predicted molar refractivity (Wildman–Crippen MR) is 78.9 cm³/mol. The number of carbonyl (C=O) groups excluding carboxylic acids is 1. The zero-order chi connectivity index (χ0) is 14.3. The van der Waals surface area contributed by atoms with E-state index in [1.165, 1.54) is 6.20 Å². The summed E-state index contributed by atoms with van der Waals surface area (Å²) >= 11 is 5.99. The number of hydrogen-bond acceptors (Lipinski definition) is 4. The summed E-state index contributed by atoms with van der Waals surface area (Å²) in [6.45, 7) is 7.63. The first-order chi connectivity index (χ1) is 9.12. The fourth-order valence-electron chi connectivity index (χ4n) is 1.72. The summed E-state index contributed by atoms with van der Waals surface area (Å²) in [6, 6.07) is 1.62. The van der Waals surface area contributed by atoms with Crippen LogP contribution < -0.4 is 10.6 Å². The number of rotatable bonds is 7. The lowest BCUT2D eigenvalue weighted by Crippen LogP contribution is -2.34. The lowest BCUT2D eigenvalue weighted by atomic mass is 10.2. The molecular weight excluding hydrogens is 264 g/mol. The quantitative estimate of drug-likeness (QED) is 0.802. The largest absolute Gasteiger partial charge is 0.372 e. The average Bonchev–Trinajstić information content (AvgIpc) is 2.43. The smallest absolute Gasteiger partial charge is 0.252 e. The van der Waals surface area contributed by atoms with Gasteiger partial charge in [0.15, 0.2) is 0 Å². The van der Waals surface area contributed by atoms with E-state index in [9.17, 15) is 4.79 Å². The van der Waals surface area contributed by atoms with Gasteiger partial charge in [-0.2, -0.15) is 0 Å². The SMILES string of the molecule is CCN(CC)CCNC(=O)c1cnc(NC)c(Cl)c1. The standard InChI is InChI=1S/C13H21ClN4O/c1-4-18(5-2)7-6-16-13(19)10-8-11(14)12(15-3)17-9-10/h8-9H,4-7H2,1-3H3,(H,15,17)(H,16,19). The van der Waals surface area contributed by atoms with Crippen LogP contribution in [0.25, 0.3) is 0 Å². The van der Waals surface area contributed by atoms with Gasteiger partial charge in [-0.1, -0.05) is 25.4 Å². The molecular formula is C13H21ClN4O. The van der Waals surface area contributed by atoms with Crippen molar-refractivity contribution in [2.45, 2.75) is 13.8 Å². The summed E-state index contributed by atoms with van der Waals surface area (Å²) in [7, 11) is 1.73. The molecule has 0 fully saturated rings. The second-order valence-electron chi connectivity index (χ2n) is 4.09. The molecule has 6 heteroatoms. The lowest BCUT2D eigenvalue weighted by Gasteiger charge is -2.17. The van der Waals surface area contributed by atoms with Crippen LogP contribution in [0.1, 0.15) is 24.2 Å². The van der Waals surface area contributed by atoms with Crippen LogP contribution in [0.3, 0.4) is 0 Å². The van der Waals surface area contributed by atoms with Gasteiger partial charge < -0.3 is 15.5 Å². The van der Waals surface area contributed by atoms with Gasteiger partial charge >= 0.3 is 0 Å². The molecule has 0 spiro atoms. The Morgan fingerprint density at radius 3 is 2.63 bits per heavy atom. The molecule has 106 valence electrons. The Bertz CT molecular complexity index is 421. The van der Waals surface area contributed by atoms with E-state index in [-0.39, 0.29) is 5.91 Å². The first-order valence-corrected chi connectivity index (χ1v) is 6.84. The van der Waals surface area contributed by atoms with Crippen molar-refractivity contribution in [3.8, 4) is 0 Å². The van der Waals surface area contributed by atoms with Crippen molar-refractivity contribution in [2.75, 3.05) is 38.5 Å². The molecule has 0 saturated carbocycles. The number of carbonyl (C=O) groups is 1. The van der Waals surface area contributed by atoms with Crippen molar-refractivity contribution in [3.63, 3.8) is 0 Å². The molecule has 1 aromatic rings. The first kappa shape index (κ1) is 15.7. The fourth-order valence-corrected chi connectivity index (χ4v) is 1.98. The molecule has 1 amide bonds. The van der Waals surface area contributed by atoms with Crippen LogP contribution in [-0.2, 0) is 0 Å². The predicted octanol–water partition coefficient (Wildman–Crippen LogP) is 1.85. The summed E-state index contributed by atoms with van der Waals surface area (Å²) in [5.41, 5.74) is 0.476. The van der Waals surface area contributed by atoms with E-state index in [2.05, 4.69) is 34.4 Å². The molecule has 1 aromatic heterocycles. The Hall–Kier alpha value is -1.33.